The lowest BCUT2D eigenvalue weighted by Gasteiger charge is -2.15. The van der Waals surface area contributed by atoms with E-state index in [2.05, 4.69) is 5.32 Å². The zero-order valence-electron chi connectivity index (χ0n) is 10.4. The average Bonchev–Trinajstić information content (AvgIpc) is 2.40. The average molecular weight is 258 g/mol. The monoisotopic (exact) mass is 258 g/mol. The Hall–Kier alpha value is -2.56. The molecule has 0 heterocycles. The van der Waals surface area contributed by atoms with E-state index >= 15 is 0 Å². The van der Waals surface area contributed by atoms with E-state index in [9.17, 15) is 15.2 Å². The van der Waals surface area contributed by atoms with Gasteiger partial charge < -0.3 is 10.4 Å². The molecular formula is C14H14N2O3. The number of aromatic hydroxyl groups is 1. The molecule has 0 amide bonds. The molecule has 1 unspecified atom stereocenters. The third-order valence-corrected chi connectivity index (χ3v) is 2.85. The van der Waals surface area contributed by atoms with E-state index in [1.807, 2.05) is 19.1 Å². The summed E-state index contributed by atoms with van der Waals surface area (Å²) in [5.74, 6) is 0.228. The van der Waals surface area contributed by atoms with Gasteiger partial charge in [0.1, 0.15) is 5.75 Å². The zero-order chi connectivity index (χ0) is 13.8. The first kappa shape index (κ1) is 12.9. The molecule has 0 radical (unpaired) electrons. The third kappa shape index (κ3) is 3.22. The zero-order valence-corrected chi connectivity index (χ0v) is 10.4. The SMILES string of the molecule is CC(Nc1ccc([N+](=O)[O-])cc1)c1ccc(O)cc1. The number of nitrogens with zero attached hydrogens (tertiary/aromatic N) is 1. The van der Waals surface area contributed by atoms with Gasteiger partial charge in [-0.1, -0.05) is 12.1 Å². The Labute approximate surface area is 110 Å². The first-order chi connectivity index (χ1) is 9.06. The van der Waals surface area contributed by atoms with Gasteiger partial charge in [0.05, 0.1) is 4.92 Å². The Kier molecular flexibility index (Phi) is 3.66. The molecule has 0 aliphatic carbocycles. The van der Waals surface area contributed by atoms with Gasteiger partial charge in [0.15, 0.2) is 0 Å². The van der Waals surface area contributed by atoms with Crippen molar-refractivity contribution in [2.24, 2.45) is 0 Å². The topological polar surface area (TPSA) is 75.4 Å². The van der Waals surface area contributed by atoms with Crippen LogP contribution in [0.2, 0.25) is 0 Å². The molecule has 5 nitrogen and oxygen atoms in total. The van der Waals surface area contributed by atoms with Crippen molar-refractivity contribution >= 4 is 11.4 Å². The van der Waals surface area contributed by atoms with E-state index in [4.69, 9.17) is 0 Å². The second-order valence-corrected chi connectivity index (χ2v) is 4.26. The lowest BCUT2D eigenvalue weighted by Crippen LogP contribution is -2.06. The lowest BCUT2D eigenvalue weighted by atomic mass is 10.1. The minimum Gasteiger partial charge on any atom is -0.508 e. The largest absolute Gasteiger partial charge is 0.508 e. The minimum absolute atomic E-state index is 0.0436. The number of nitro groups is 1. The van der Waals surface area contributed by atoms with E-state index in [1.165, 1.54) is 12.1 Å². The summed E-state index contributed by atoms with van der Waals surface area (Å²) in [5, 5.41) is 23.0. The fourth-order valence-corrected chi connectivity index (χ4v) is 1.78. The number of phenols is 1. The van der Waals surface area contributed by atoms with Gasteiger partial charge >= 0.3 is 0 Å². The van der Waals surface area contributed by atoms with Gasteiger partial charge in [0.2, 0.25) is 0 Å². The molecule has 2 aromatic carbocycles. The Bertz CT molecular complexity index is 564. The predicted octanol–water partition coefficient (Wildman–Crippen LogP) is 3.47. The Balaban J connectivity index is 2.08. The van der Waals surface area contributed by atoms with E-state index in [1.54, 1.807) is 24.3 Å². The van der Waals surface area contributed by atoms with Crippen LogP contribution in [0.15, 0.2) is 48.5 Å². The van der Waals surface area contributed by atoms with E-state index in [0.29, 0.717) is 0 Å². The van der Waals surface area contributed by atoms with Gasteiger partial charge in [-0.2, -0.15) is 0 Å². The number of anilines is 1. The number of nitro benzene ring substituents is 1. The van der Waals surface area contributed by atoms with Crippen LogP contribution < -0.4 is 5.32 Å². The molecule has 0 saturated carbocycles. The van der Waals surface area contributed by atoms with Crippen molar-refractivity contribution < 1.29 is 10.0 Å². The molecule has 0 aliphatic rings. The molecule has 1 atom stereocenters. The molecule has 0 bridgehead atoms. The minimum atomic E-state index is -0.423. The van der Waals surface area contributed by atoms with Crippen LogP contribution in [-0.4, -0.2) is 10.0 Å². The van der Waals surface area contributed by atoms with Crippen molar-refractivity contribution in [3.63, 3.8) is 0 Å². The smallest absolute Gasteiger partial charge is 0.269 e. The van der Waals surface area contributed by atoms with Crippen LogP contribution in [0.4, 0.5) is 11.4 Å². The normalized spacial score (nSPS) is 11.8. The Morgan fingerprint density at radius 2 is 1.68 bits per heavy atom. The molecule has 2 N–H and O–H groups in total. The van der Waals surface area contributed by atoms with Crippen LogP contribution in [0.25, 0.3) is 0 Å². The summed E-state index contributed by atoms with van der Waals surface area (Å²) >= 11 is 0. The molecule has 0 spiro atoms. The van der Waals surface area contributed by atoms with Gasteiger partial charge in [0, 0.05) is 23.9 Å². The van der Waals surface area contributed by atoms with E-state index in [0.717, 1.165) is 11.3 Å². The summed E-state index contributed by atoms with van der Waals surface area (Å²) in [6.45, 7) is 1.98. The van der Waals surface area contributed by atoms with Crippen molar-refractivity contribution in [1.82, 2.24) is 0 Å². The Morgan fingerprint density at radius 3 is 2.21 bits per heavy atom. The van der Waals surface area contributed by atoms with E-state index in [-0.39, 0.29) is 17.5 Å². The maximum Gasteiger partial charge on any atom is 0.269 e. The highest BCUT2D eigenvalue weighted by molar-refractivity contribution is 5.50. The second-order valence-electron chi connectivity index (χ2n) is 4.26. The number of non-ortho nitro benzene ring substituents is 1. The van der Waals surface area contributed by atoms with Crippen LogP contribution in [-0.2, 0) is 0 Å². The van der Waals surface area contributed by atoms with Crippen LogP contribution in [0.3, 0.4) is 0 Å². The van der Waals surface area contributed by atoms with Crippen LogP contribution in [0, 0.1) is 10.1 Å². The number of hydrogen-bond donors (Lipinski definition) is 2. The molecule has 5 heteroatoms. The molecule has 0 aliphatic heterocycles. The lowest BCUT2D eigenvalue weighted by molar-refractivity contribution is -0.384. The standard InChI is InChI=1S/C14H14N2O3/c1-10(11-2-8-14(17)9-3-11)15-12-4-6-13(7-5-12)16(18)19/h2-10,15,17H,1H3. The third-order valence-electron chi connectivity index (χ3n) is 2.85. The van der Waals surface area contributed by atoms with Crippen LogP contribution in [0.1, 0.15) is 18.5 Å². The highest BCUT2D eigenvalue weighted by atomic mass is 16.6. The summed E-state index contributed by atoms with van der Waals surface area (Å²) in [6, 6.07) is 13.2. The summed E-state index contributed by atoms with van der Waals surface area (Å²) in [4.78, 5) is 10.1. The maximum atomic E-state index is 10.5. The number of nitrogens with one attached hydrogen (secondary N) is 1. The van der Waals surface area contributed by atoms with Crippen molar-refractivity contribution in [3.05, 3.63) is 64.2 Å². The van der Waals surface area contributed by atoms with E-state index < -0.39 is 4.92 Å². The second kappa shape index (κ2) is 5.39. The molecule has 2 aromatic rings. The summed E-state index contributed by atoms with van der Waals surface area (Å²) in [6.07, 6.45) is 0. The van der Waals surface area contributed by atoms with Gasteiger partial charge in [-0.15, -0.1) is 0 Å². The van der Waals surface area contributed by atoms with Gasteiger partial charge in [-0.25, -0.2) is 0 Å². The number of rotatable bonds is 4. The maximum absolute atomic E-state index is 10.5. The predicted molar refractivity (Wildman–Crippen MR) is 73.2 cm³/mol. The fourth-order valence-electron chi connectivity index (χ4n) is 1.78. The molecule has 0 saturated heterocycles. The Morgan fingerprint density at radius 1 is 1.11 bits per heavy atom. The van der Waals surface area contributed by atoms with Gasteiger partial charge in [-0.05, 0) is 36.8 Å². The fraction of sp³-hybridized carbons (Fsp3) is 0.143. The first-order valence-corrected chi connectivity index (χ1v) is 5.86. The highest BCUT2D eigenvalue weighted by Gasteiger charge is 2.07. The number of benzene rings is 2. The number of phenolic OH excluding ortho intramolecular Hbond substituents is 1. The highest BCUT2D eigenvalue weighted by Crippen LogP contribution is 2.22. The summed E-state index contributed by atoms with van der Waals surface area (Å²) in [5.41, 5.74) is 1.91. The molecule has 2 rings (SSSR count). The van der Waals surface area contributed by atoms with Gasteiger partial charge in [0.25, 0.3) is 5.69 Å². The summed E-state index contributed by atoms with van der Waals surface area (Å²) in [7, 11) is 0. The van der Waals surface area contributed by atoms with Crippen molar-refractivity contribution in [2.45, 2.75) is 13.0 Å². The quantitative estimate of drug-likeness (QED) is 0.650. The molecule has 0 fully saturated rings. The molecular weight excluding hydrogens is 244 g/mol. The van der Waals surface area contributed by atoms with Crippen LogP contribution in [0.5, 0.6) is 5.75 Å². The van der Waals surface area contributed by atoms with Gasteiger partial charge in [-0.3, -0.25) is 10.1 Å². The first-order valence-electron chi connectivity index (χ1n) is 5.86. The van der Waals surface area contributed by atoms with Crippen molar-refractivity contribution in [2.75, 3.05) is 5.32 Å². The van der Waals surface area contributed by atoms with Crippen LogP contribution >= 0.6 is 0 Å². The molecule has 0 aromatic heterocycles. The van der Waals surface area contributed by atoms with Crippen molar-refractivity contribution in [1.29, 1.82) is 0 Å². The summed E-state index contributed by atoms with van der Waals surface area (Å²) < 4.78 is 0. The van der Waals surface area contributed by atoms with Crippen molar-refractivity contribution in [3.8, 4) is 5.75 Å². The number of hydrogen-bond acceptors (Lipinski definition) is 4. The molecule has 19 heavy (non-hydrogen) atoms. The molecule has 98 valence electrons.